The Labute approximate surface area is 131 Å². The third kappa shape index (κ3) is 2.95. The summed E-state index contributed by atoms with van der Waals surface area (Å²) in [6.45, 7) is 0.525. The number of alkyl halides is 1. The van der Waals surface area contributed by atoms with Crippen molar-refractivity contribution in [3.8, 4) is 0 Å². The Balaban J connectivity index is 1.65. The van der Waals surface area contributed by atoms with E-state index >= 15 is 0 Å². The Hall–Kier alpha value is -1.06. The van der Waals surface area contributed by atoms with Gasteiger partial charge in [-0.1, -0.05) is 24.3 Å². The first-order valence-corrected chi connectivity index (χ1v) is 8.22. The van der Waals surface area contributed by atoms with Crippen molar-refractivity contribution in [3.05, 3.63) is 35.4 Å². The average molecular weight is 308 g/mol. The van der Waals surface area contributed by atoms with Crippen molar-refractivity contribution >= 4 is 17.5 Å². The Morgan fingerprint density at radius 3 is 3.05 bits per heavy atom. The summed E-state index contributed by atoms with van der Waals surface area (Å²) in [7, 11) is 1.65. The fraction of sp³-hybridized carbons (Fsp3) is 0.588. The zero-order chi connectivity index (χ0) is 14.8. The zero-order valence-corrected chi connectivity index (χ0v) is 13.1. The molecule has 1 amide bonds. The van der Waals surface area contributed by atoms with Crippen molar-refractivity contribution in [1.29, 1.82) is 0 Å². The summed E-state index contributed by atoms with van der Waals surface area (Å²) in [5.41, 5.74) is 2.80. The minimum Gasteiger partial charge on any atom is -0.383 e. The number of fused-ring (bicyclic) bond motifs is 3. The van der Waals surface area contributed by atoms with Crippen LogP contribution in [-0.2, 0) is 16.0 Å². The highest BCUT2D eigenvalue weighted by atomic mass is 35.5. The number of benzene rings is 1. The number of ether oxygens (including phenoxy) is 1. The van der Waals surface area contributed by atoms with E-state index in [2.05, 4.69) is 29.6 Å². The van der Waals surface area contributed by atoms with Gasteiger partial charge in [0.1, 0.15) is 0 Å². The van der Waals surface area contributed by atoms with Crippen LogP contribution < -0.4 is 5.32 Å². The average Bonchev–Trinajstić information content (AvgIpc) is 3.23. The van der Waals surface area contributed by atoms with Crippen LogP contribution in [0.4, 0.5) is 0 Å². The molecule has 21 heavy (non-hydrogen) atoms. The summed E-state index contributed by atoms with van der Waals surface area (Å²) in [5, 5.41) is 3.12. The van der Waals surface area contributed by atoms with Gasteiger partial charge in [0.05, 0.1) is 12.6 Å². The van der Waals surface area contributed by atoms with E-state index < -0.39 is 0 Å². The van der Waals surface area contributed by atoms with Crippen LogP contribution in [-0.4, -0.2) is 31.5 Å². The first-order valence-electron chi connectivity index (χ1n) is 7.69. The Kier molecular flexibility index (Phi) is 4.51. The van der Waals surface area contributed by atoms with Gasteiger partial charge in [-0.25, -0.2) is 0 Å². The highest BCUT2D eigenvalue weighted by molar-refractivity contribution is 6.17. The maximum atomic E-state index is 12.5. The molecule has 3 rings (SSSR count). The number of aryl methyl sites for hydroxylation is 1. The standard InChI is InChI=1S/C17H22ClNO2/c1-21-10-12(8-9-18)19-17(20)16-14-7-6-11-4-2-3-5-13(11)15(14)16/h2-5,12,14-16H,6-10H2,1H3,(H,19,20). The van der Waals surface area contributed by atoms with Gasteiger partial charge in [-0.05, 0) is 42.2 Å². The zero-order valence-electron chi connectivity index (χ0n) is 12.3. The summed E-state index contributed by atoms with van der Waals surface area (Å²) in [6, 6.07) is 8.57. The van der Waals surface area contributed by atoms with Crippen molar-refractivity contribution in [2.75, 3.05) is 19.6 Å². The Morgan fingerprint density at radius 2 is 2.29 bits per heavy atom. The van der Waals surface area contributed by atoms with Gasteiger partial charge in [-0.15, -0.1) is 11.6 Å². The van der Waals surface area contributed by atoms with Gasteiger partial charge in [0.15, 0.2) is 0 Å². The molecule has 2 aliphatic rings. The van der Waals surface area contributed by atoms with Crippen molar-refractivity contribution in [2.45, 2.75) is 31.2 Å². The Bertz CT molecular complexity index is 513. The lowest BCUT2D eigenvalue weighted by Crippen LogP contribution is -2.39. The van der Waals surface area contributed by atoms with E-state index in [0.717, 1.165) is 19.3 Å². The number of amides is 1. The predicted octanol–water partition coefficient (Wildman–Crippen LogP) is 2.72. The molecule has 4 heteroatoms. The molecule has 1 N–H and O–H groups in total. The second-order valence-corrected chi connectivity index (χ2v) is 6.47. The molecule has 0 bridgehead atoms. The number of nitrogens with one attached hydrogen (secondary N) is 1. The summed E-state index contributed by atoms with van der Waals surface area (Å²) >= 11 is 5.79. The molecule has 0 radical (unpaired) electrons. The molecule has 0 aromatic heterocycles. The fourth-order valence-electron chi connectivity index (χ4n) is 3.75. The van der Waals surface area contributed by atoms with E-state index in [1.807, 2.05) is 0 Å². The minimum atomic E-state index is 0.0258. The van der Waals surface area contributed by atoms with Crippen LogP contribution in [0.5, 0.6) is 0 Å². The fourth-order valence-corrected chi connectivity index (χ4v) is 4.01. The first-order chi connectivity index (χ1) is 10.3. The van der Waals surface area contributed by atoms with E-state index in [9.17, 15) is 4.79 Å². The SMILES string of the molecule is COCC(CCCl)NC(=O)C1C2CCc3ccccc3C21. The van der Waals surface area contributed by atoms with E-state index in [1.165, 1.54) is 11.1 Å². The topological polar surface area (TPSA) is 38.3 Å². The summed E-state index contributed by atoms with van der Waals surface area (Å²) in [6.07, 6.45) is 2.98. The summed E-state index contributed by atoms with van der Waals surface area (Å²) in [4.78, 5) is 12.5. The van der Waals surface area contributed by atoms with Crippen LogP contribution >= 0.6 is 11.6 Å². The number of hydrogen-bond acceptors (Lipinski definition) is 2. The molecule has 114 valence electrons. The normalized spacial score (nSPS) is 27.4. The van der Waals surface area contributed by atoms with Crippen LogP contribution in [0, 0.1) is 11.8 Å². The van der Waals surface area contributed by atoms with Crippen molar-refractivity contribution < 1.29 is 9.53 Å². The van der Waals surface area contributed by atoms with E-state index in [-0.39, 0.29) is 17.9 Å². The monoisotopic (exact) mass is 307 g/mol. The number of halogens is 1. The van der Waals surface area contributed by atoms with E-state index in [4.69, 9.17) is 16.3 Å². The van der Waals surface area contributed by atoms with Crippen LogP contribution in [0.25, 0.3) is 0 Å². The summed E-state index contributed by atoms with van der Waals surface area (Å²) < 4.78 is 5.16. The smallest absolute Gasteiger partial charge is 0.224 e. The van der Waals surface area contributed by atoms with Gasteiger partial charge in [-0.2, -0.15) is 0 Å². The maximum absolute atomic E-state index is 12.5. The molecule has 4 unspecified atom stereocenters. The van der Waals surface area contributed by atoms with E-state index in [1.54, 1.807) is 7.11 Å². The quantitative estimate of drug-likeness (QED) is 0.821. The number of carbonyl (C=O) groups is 1. The van der Waals surface area contributed by atoms with Crippen molar-refractivity contribution in [1.82, 2.24) is 5.32 Å². The van der Waals surface area contributed by atoms with Crippen LogP contribution in [0.2, 0.25) is 0 Å². The third-order valence-corrected chi connectivity index (χ3v) is 5.02. The molecule has 0 saturated heterocycles. The molecule has 1 saturated carbocycles. The minimum absolute atomic E-state index is 0.0258. The highest BCUT2D eigenvalue weighted by Gasteiger charge is 2.57. The second-order valence-electron chi connectivity index (χ2n) is 6.09. The maximum Gasteiger partial charge on any atom is 0.224 e. The molecule has 1 aromatic rings. The molecule has 3 nitrogen and oxygen atoms in total. The van der Waals surface area contributed by atoms with Crippen molar-refractivity contribution in [2.24, 2.45) is 11.8 Å². The number of rotatable bonds is 6. The lowest BCUT2D eigenvalue weighted by Gasteiger charge is -2.16. The van der Waals surface area contributed by atoms with Gasteiger partial charge in [0, 0.05) is 18.9 Å². The molecule has 0 heterocycles. The second kappa shape index (κ2) is 6.37. The predicted molar refractivity (Wildman–Crippen MR) is 83.6 cm³/mol. The van der Waals surface area contributed by atoms with E-state index in [0.29, 0.717) is 24.3 Å². The molecular formula is C17H22ClNO2. The van der Waals surface area contributed by atoms with Gasteiger partial charge < -0.3 is 10.1 Å². The molecule has 0 aliphatic heterocycles. The molecule has 2 aliphatic carbocycles. The van der Waals surface area contributed by atoms with Gasteiger partial charge in [0.2, 0.25) is 5.91 Å². The lowest BCUT2D eigenvalue weighted by atomic mass is 9.92. The van der Waals surface area contributed by atoms with Crippen molar-refractivity contribution in [3.63, 3.8) is 0 Å². The molecule has 0 spiro atoms. The molecule has 1 fully saturated rings. The largest absolute Gasteiger partial charge is 0.383 e. The highest BCUT2D eigenvalue weighted by Crippen LogP contribution is 2.59. The Morgan fingerprint density at radius 1 is 1.48 bits per heavy atom. The number of carbonyl (C=O) groups excluding carboxylic acids is 1. The van der Waals surface area contributed by atoms with Gasteiger partial charge >= 0.3 is 0 Å². The number of hydrogen-bond donors (Lipinski definition) is 1. The lowest BCUT2D eigenvalue weighted by molar-refractivity contribution is -0.123. The van der Waals surface area contributed by atoms with Crippen LogP contribution in [0.15, 0.2) is 24.3 Å². The van der Waals surface area contributed by atoms with Gasteiger partial charge in [-0.3, -0.25) is 4.79 Å². The van der Waals surface area contributed by atoms with Crippen LogP contribution in [0.1, 0.15) is 29.9 Å². The molecule has 1 aromatic carbocycles. The van der Waals surface area contributed by atoms with Gasteiger partial charge in [0.25, 0.3) is 0 Å². The molecular weight excluding hydrogens is 286 g/mol. The van der Waals surface area contributed by atoms with Crippen LogP contribution in [0.3, 0.4) is 0 Å². The third-order valence-electron chi connectivity index (χ3n) is 4.80. The summed E-state index contributed by atoms with van der Waals surface area (Å²) in [5.74, 6) is 1.81. The molecule has 4 atom stereocenters. The first kappa shape index (κ1) is 14.9. The number of methoxy groups -OCH3 is 1.